The number of aromatic nitrogens is 1. The minimum Gasteiger partial charge on any atom is -0.493 e. The molecule has 0 unspecified atom stereocenters. The highest BCUT2D eigenvalue weighted by atomic mass is 16.3. The summed E-state index contributed by atoms with van der Waals surface area (Å²) in [5, 5.41) is 19.0. The zero-order chi connectivity index (χ0) is 16.8. The van der Waals surface area contributed by atoms with Crippen LogP contribution >= 0.6 is 0 Å². The predicted molar refractivity (Wildman–Crippen MR) is 92.3 cm³/mol. The molecule has 0 aliphatic rings. The van der Waals surface area contributed by atoms with Crippen molar-refractivity contribution in [1.82, 2.24) is 4.57 Å². The second-order valence-corrected chi connectivity index (χ2v) is 5.84. The lowest BCUT2D eigenvalue weighted by Crippen LogP contribution is -1.92. The highest BCUT2D eigenvalue weighted by molar-refractivity contribution is 5.95. The number of rotatable bonds is 7. The first kappa shape index (κ1) is 17.2. The van der Waals surface area contributed by atoms with Gasteiger partial charge in [0.1, 0.15) is 0 Å². The Morgan fingerprint density at radius 3 is 2.70 bits per heavy atom. The molecule has 0 aliphatic carbocycles. The van der Waals surface area contributed by atoms with E-state index in [2.05, 4.69) is 17.2 Å². The molecule has 23 heavy (non-hydrogen) atoms. The number of aryl methyl sites for hydroxylation is 2. The summed E-state index contributed by atoms with van der Waals surface area (Å²) in [7, 11) is 0. The van der Waals surface area contributed by atoms with Crippen LogP contribution in [0.2, 0.25) is 0 Å². The third-order valence-electron chi connectivity index (χ3n) is 3.99. The number of hydrogen-bond donors (Lipinski definition) is 1. The Morgan fingerprint density at radius 2 is 2.00 bits per heavy atom. The van der Waals surface area contributed by atoms with Crippen molar-refractivity contribution < 1.29 is 9.90 Å². The van der Waals surface area contributed by atoms with Crippen LogP contribution in [0.15, 0.2) is 28.4 Å². The van der Waals surface area contributed by atoms with Gasteiger partial charge in [-0.2, -0.15) is 0 Å². The van der Waals surface area contributed by atoms with E-state index in [0.717, 1.165) is 42.1 Å². The topological polar surface area (TPSA) is 66.9 Å². The molecule has 0 saturated carbocycles. The highest BCUT2D eigenvalue weighted by Gasteiger charge is 2.16. The largest absolute Gasteiger partial charge is 0.493 e. The van der Waals surface area contributed by atoms with Gasteiger partial charge in [-0.05, 0) is 32.4 Å². The maximum Gasteiger partial charge on any atom is 0.264 e. The molecule has 124 valence electrons. The van der Waals surface area contributed by atoms with Crippen LogP contribution < -0.4 is 0 Å². The molecule has 0 aliphatic heterocycles. The van der Waals surface area contributed by atoms with Gasteiger partial charge < -0.3 is 9.67 Å². The molecule has 0 bridgehead atoms. The zero-order valence-corrected chi connectivity index (χ0v) is 14.2. The monoisotopic (exact) mass is 315 g/mol. The van der Waals surface area contributed by atoms with E-state index in [1.54, 1.807) is 4.57 Å². The van der Waals surface area contributed by atoms with E-state index in [-0.39, 0.29) is 11.8 Å². The van der Waals surface area contributed by atoms with Gasteiger partial charge in [-0.15, -0.1) is 10.2 Å². The van der Waals surface area contributed by atoms with Gasteiger partial charge in [0, 0.05) is 18.4 Å². The molecule has 2 rings (SSSR count). The van der Waals surface area contributed by atoms with Gasteiger partial charge in [-0.25, -0.2) is 0 Å². The number of carbonyl (C=O) groups is 1. The molecule has 1 heterocycles. The summed E-state index contributed by atoms with van der Waals surface area (Å²) in [6.07, 6.45) is 4.56. The van der Waals surface area contributed by atoms with Crippen molar-refractivity contribution in [2.75, 3.05) is 0 Å². The molecule has 0 radical (unpaired) electrons. The fourth-order valence-corrected chi connectivity index (χ4v) is 2.71. The van der Waals surface area contributed by atoms with Crippen molar-refractivity contribution in [3.05, 3.63) is 23.8 Å². The smallest absolute Gasteiger partial charge is 0.264 e. The van der Waals surface area contributed by atoms with Gasteiger partial charge in [0.15, 0.2) is 5.69 Å². The summed E-state index contributed by atoms with van der Waals surface area (Å²) in [6, 6.07) is 5.91. The molecule has 0 atom stereocenters. The summed E-state index contributed by atoms with van der Waals surface area (Å²) in [6.45, 7) is 6.71. The van der Waals surface area contributed by atoms with E-state index in [0.29, 0.717) is 18.7 Å². The lowest BCUT2D eigenvalue weighted by atomic mass is 10.1. The summed E-state index contributed by atoms with van der Waals surface area (Å²) in [5.41, 5.74) is 2.36. The number of benzene rings is 1. The Hall–Kier alpha value is -2.17. The lowest BCUT2D eigenvalue weighted by molar-refractivity contribution is -0.118. The first-order valence-electron chi connectivity index (χ1n) is 8.34. The Morgan fingerprint density at radius 1 is 1.22 bits per heavy atom. The van der Waals surface area contributed by atoms with E-state index in [4.69, 9.17) is 0 Å². The van der Waals surface area contributed by atoms with Crippen LogP contribution in [0.1, 0.15) is 51.5 Å². The molecule has 2 aromatic rings. The summed E-state index contributed by atoms with van der Waals surface area (Å²) < 4.78 is 1.77. The van der Waals surface area contributed by atoms with E-state index in [9.17, 15) is 9.90 Å². The summed E-state index contributed by atoms with van der Waals surface area (Å²) in [4.78, 5) is 11.8. The highest BCUT2D eigenvalue weighted by Crippen LogP contribution is 2.39. The summed E-state index contributed by atoms with van der Waals surface area (Å²) in [5.74, 6) is -0.166. The second-order valence-electron chi connectivity index (χ2n) is 5.84. The Labute approximate surface area is 137 Å². The molecule has 1 amide bonds. The van der Waals surface area contributed by atoms with Crippen LogP contribution in [0.25, 0.3) is 10.9 Å². The maximum atomic E-state index is 11.8. The van der Waals surface area contributed by atoms with Crippen LogP contribution in [0.4, 0.5) is 5.69 Å². The molecule has 0 saturated heterocycles. The Balaban J connectivity index is 2.22. The van der Waals surface area contributed by atoms with Gasteiger partial charge in [0.05, 0.1) is 5.52 Å². The molecular weight excluding hydrogens is 290 g/mol. The lowest BCUT2D eigenvalue weighted by Gasteiger charge is -2.01. The number of fused-ring (bicyclic) bond motifs is 1. The number of aromatic hydroxyl groups is 1. The van der Waals surface area contributed by atoms with Crippen molar-refractivity contribution >= 4 is 22.5 Å². The van der Waals surface area contributed by atoms with Crippen molar-refractivity contribution in [3.8, 4) is 5.88 Å². The molecule has 1 aromatic heterocycles. The second kappa shape index (κ2) is 7.90. The van der Waals surface area contributed by atoms with Gasteiger partial charge in [0.2, 0.25) is 5.88 Å². The van der Waals surface area contributed by atoms with Gasteiger partial charge in [-0.3, -0.25) is 4.79 Å². The van der Waals surface area contributed by atoms with E-state index < -0.39 is 0 Å². The zero-order valence-electron chi connectivity index (χ0n) is 14.2. The molecule has 1 N–H and O–H groups in total. The first-order valence-corrected chi connectivity index (χ1v) is 8.34. The fraction of sp³-hybridized carbons (Fsp3) is 0.500. The number of azo groups is 1. The number of carbonyl (C=O) groups excluding carboxylic acids is 1. The molecule has 5 heteroatoms. The van der Waals surface area contributed by atoms with Crippen LogP contribution in [0, 0.1) is 6.92 Å². The molecule has 0 fully saturated rings. The number of unbranched alkanes of at least 4 members (excludes halogenated alkanes) is 3. The quantitative estimate of drug-likeness (QED) is 0.559. The van der Waals surface area contributed by atoms with Crippen LogP contribution in [-0.2, 0) is 11.3 Å². The minimum absolute atomic E-state index is 0.0654. The Bertz CT molecular complexity index is 717. The maximum absolute atomic E-state index is 11.8. The summed E-state index contributed by atoms with van der Waals surface area (Å²) >= 11 is 0. The average Bonchev–Trinajstić information content (AvgIpc) is 2.80. The third-order valence-corrected chi connectivity index (χ3v) is 3.99. The number of nitrogens with zero attached hydrogens (tertiary/aromatic N) is 3. The normalized spacial score (nSPS) is 11.6. The average molecular weight is 315 g/mol. The number of amides is 1. The third kappa shape index (κ3) is 3.97. The van der Waals surface area contributed by atoms with Crippen LogP contribution in [0.3, 0.4) is 0 Å². The van der Waals surface area contributed by atoms with Crippen molar-refractivity contribution in [3.63, 3.8) is 0 Å². The van der Waals surface area contributed by atoms with E-state index in [1.807, 2.05) is 32.0 Å². The van der Waals surface area contributed by atoms with Gasteiger partial charge in [0.25, 0.3) is 5.91 Å². The fourth-order valence-electron chi connectivity index (χ4n) is 2.71. The minimum atomic E-state index is -0.231. The van der Waals surface area contributed by atoms with E-state index in [1.165, 1.54) is 0 Å². The van der Waals surface area contributed by atoms with Crippen LogP contribution in [0.5, 0.6) is 5.88 Å². The van der Waals surface area contributed by atoms with Crippen molar-refractivity contribution in [2.24, 2.45) is 10.2 Å². The van der Waals surface area contributed by atoms with Crippen molar-refractivity contribution in [1.29, 1.82) is 0 Å². The van der Waals surface area contributed by atoms with Crippen molar-refractivity contribution in [2.45, 2.75) is 59.4 Å². The first-order chi connectivity index (χ1) is 11.1. The molecule has 0 spiro atoms. The van der Waals surface area contributed by atoms with Gasteiger partial charge >= 0.3 is 0 Å². The SMILES string of the molecule is CCCCCCC(=O)N=Nc1c(O)n(CC)c2ccc(C)cc12. The molecule has 5 nitrogen and oxygen atoms in total. The van der Waals surface area contributed by atoms with Crippen LogP contribution in [-0.4, -0.2) is 15.6 Å². The number of hydrogen-bond acceptors (Lipinski definition) is 3. The predicted octanol–water partition coefficient (Wildman–Crippen LogP) is 5.26. The standard InChI is InChI=1S/C18H25N3O2/c1-4-6-7-8-9-16(22)19-20-17-14-12-13(3)10-11-15(14)21(5-2)18(17)23/h10-12,23H,4-9H2,1-3H3. The molecular formula is C18H25N3O2. The van der Waals surface area contributed by atoms with E-state index >= 15 is 0 Å². The Kier molecular flexibility index (Phi) is 5.90. The van der Waals surface area contributed by atoms with Gasteiger partial charge in [-0.1, -0.05) is 37.8 Å². The molecule has 1 aromatic carbocycles.